The average molecular weight is 556 g/mol. The number of nitrogens with one attached hydrogen (secondary N) is 1. The fraction of sp³-hybridized carbons (Fsp3) is 0.0714. The third-order valence-corrected chi connectivity index (χ3v) is 7.93. The van der Waals surface area contributed by atoms with Gasteiger partial charge in [-0.25, -0.2) is 12.8 Å². The number of carbonyl (C=O) groups excluding carboxylic acids is 2. The van der Waals surface area contributed by atoms with Gasteiger partial charge in [-0.15, -0.1) is 13.2 Å². The standard InChI is InChI=1S/C28H17F4NO5S/c29-19-9-4-16(5-10-19)15-33-27(35)22-2-1-3-23-25(22)26(34)21-13-8-18(14-24(21)39(23,36)37)17-6-11-20(12-7-17)38-28(30,31)32/h1-14H,15H2,(H,33,35). The molecule has 0 fully saturated rings. The lowest BCUT2D eigenvalue weighted by Gasteiger charge is -2.22. The number of carbonyl (C=O) groups is 2. The highest BCUT2D eigenvalue weighted by Gasteiger charge is 2.38. The van der Waals surface area contributed by atoms with Crippen LogP contribution in [0.25, 0.3) is 11.1 Å². The van der Waals surface area contributed by atoms with Crippen molar-refractivity contribution in [2.75, 3.05) is 0 Å². The first kappa shape index (κ1) is 26.1. The summed E-state index contributed by atoms with van der Waals surface area (Å²) in [5.74, 6) is -2.22. The molecule has 6 nitrogen and oxygen atoms in total. The molecule has 1 amide bonds. The van der Waals surface area contributed by atoms with Gasteiger partial charge in [-0.1, -0.05) is 36.4 Å². The largest absolute Gasteiger partial charge is 0.573 e. The van der Waals surface area contributed by atoms with Crippen molar-refractivity contribution in [2.24, 2.45) is 0 Å². The Morgan fingerprint density at radius 1 is 0.846 bits per heavy atom. The van der Waals surface area contributed by atoms with Gasteiger partial charge in [-0.3, -0.25) is 9.59 Å². The van der Waals surface area contributed by atoms with Crippen LogP contribution in [0.5, 0.6) is 5.75 Å². The summed E-state index contributed by atoms with van der Waals surface area (Å²) in [5, 5.41) is 2.62. The number of ketones is 1. The Hall–Kier alpha value is -4.51. The molecule has 0 atom stereocenters. The number of hydrogen-bond donors (Lipinski definition) is 1. The van der Waals surface area contributed by atoms with Gasteiger partial charge < -0.3 is 10.1 Å². The second kappa shape index (κ2) is 9.66. The number of benzene rings is 4. The summed E-state index contributed by atoms with van der Waals surface area (Å²) >= 11 is 0. The van der Waals surface area contributed by atoms with E-state index in [1.807, 2.05) is 0 Å². The predicted molar refractivity (Wildman–Crippen MR) is 131 cm³/mol. The zero-order valence-corrected chi connectivity index (χ0v) is 20.6. The molecule has 0 spiro atoms. The van der Waals surface area contributed by atoms with E-state index in [4.69, 9.17) is 0 Å². The first-order chi connectivity index (χ1) is 18.4. The van der Waals surface area contributed by atoms with Crippen LogP contribution in [0.2, 0.25) is 0 Å². The SMILES string of the molecule is O=C(NCc1ccc(F)cc1)c1cccc2c1C(=O)c1ccc(-c3ccc(OC(F)(F)F)cc3)cc1S2(=O)=O. The third-order valence-electron chi connectivity index (χ3n) is 6.09. The maximum Gasteiger partial charge on any atom is 0.573 e. The Bertz CT molecular complexity index is 1710. The number of amides is 1. The van der Waals surface area contributed by atoms with Crippen molar-refractivity contribution in [3.8, 4) is 16.9 Å². The van der Waals surface area contributed by atoms with Gasteiger partial charge in [0.25, 0.3) is 5.91 Å². The van der Waals surface area contributed by atoms with Crippen LogP contribution in [0, 0.1) is 5.82 Å². The van der Waals surface area contributed by atoms with E-state index in [2.05, 4.69) is 10.1 Å². The van der Waals surface area contributed by atoms with E-state index in [9.17, 15) is 35.6 Å². The topological polar surface area (TPSA) is 89.5 Å². The van der Waals surface area contributed by atoms with Crippen molar-refractivity contribution in [3.63, 3.8) is 0 Å². The summed E-state index contributed by atoms with van der Waals surface area (Å²) in [6.07, 6.45) is -4.86. The molecule has 11 heteroatoms. The Labute approximate surface area is 219 Å². The number of sulfone groups is 1. The summed E-state index contributed by atoms with van der Waals surface area (Å²) in [6, 6.07) is 18.3. The fourth-order valence-electron chi connectivity index (χ4n) is 4.27. The van der Waals surface area contributed by atoms with Crippen LogP contribution in [-0.2, 0) is 16.4 Å². The monoisotopic (exact) mass is 555 g/mol. The fourth-order valence-corrected chi connectivity index (χ4v) is 5.97. The number of fused-ring (bicyclic) bond motifs is 2. The molecule has 4 aromatic rings. The molecule has 198 valence electrons. The highest BCUT2D eigenvalue weighted by atomic mass is 32.2. The number of alkyl halides is 3. The molecule has 0 aliphatic carbocycles. The van der Waals surface area contributed by atoms with Crippen LogP contribution >= 0.6 is 0 Å². The quantitative estimate of drug-likeness (QED) is 0.281. The third kappa shape index (κ3) is 5.13. The summed E-state index contributed by atoms with van der Waals surface area (Å²) in [4.78, 5) is 25.8. The molecule has 1 aliphatic heterocycles. The lowest BCUT2D eigenvalue weighted by atomic mass is 9.95. The average Bonchev–Trinajstić information content (AvgIpc) is 2.90. The van der Waals surface area contributed by atoms with Gasteiger partial charge in [0, 0.05) is 12.1 Å². The zero-order valence-electron chi connectivity index (χ0n) is 19.8. The Morgan fingerprint density at radius 3 is 2.18 bits per heavy atom. The minimum atomic E-state index is -4.86. The summed E-state index contributed by atoms with van der Waals surface area (Å²) in [7, 11) is -4.24. The van der Waals surface area contributed by atoms with Crippen molar-refractivity contribution in [1.29, 1.82) is 0 Å². The lowest BCUT2D eigenvalue weighted by Crippen LogP contribution is -2.28. The van der Waals surface area contributed by atoms with Crippen LogP contribution < -0.4 is 10.1 Å². The van der Waals surface area contributed by atoms with E-state index in [1.165, 1.54) is 72.8 Å². The molecular formula is C28H17F4NO5S. The van der Waals surface area contributed by atoms with Crippen LogP contribution in [0.4, 0.5) is 17.6 Å². The Kier molecular flexibility index (Phi) is 6.47. The van der Waals surface area contributed by atoms with Gasteiger partial charge in [0.15, 0.2) is 5.78 Å². The predicted octanol–water partition coefficient (Wildman–Crippen LogP) is 5.70. The molecule has 1 aliphatic rings. The van der Waals surface area contributed by atoms with Crippen molar-refractivity contribution >= 4 is 21.5 Å². The molecule has 1 N–H and O–H groups in total. The van der Waals surface area contributed by atoms with E-state index in [1.54, 1.807) is 0 Å². The van der Waals surface area contributed by atoms with Crippen LogP contribution in [-0.4, -0.2) is 26.5 Å². The van der Waals surface area contributed by atoms with Crippen molar-refractivity contribution in [3.05, 3.63) is 113 Å². The molecule has 39 heavy (non-hydrogen) atoms. The van der Waals surface area contributed by atoms with E-state index in [-0.39, 0.29) is 33.0 Å². The Morgan fingerprint density at radius 2 is 1.51 bits per heavy atom. The van der Waals surface area contributed by atoms with Gasteiger partial charge in [-0.05, 0) is 65.2 Å². The first-order valence-electron chi connectivity index (χ1n) is 11.4. The Balaban J connectivity index is 1.47. The van der Waals surface area contributed by atoms with Gasteiger partial charge in [0.05, 0.1) is 20.9 Å². The van der Waals surface area contributed by atoms with Crippen LogP contribution in [0.15, 0.2) is 94.7 Å². The van der Waals surface area contributed by atoms with Crippen molar-refractivity contribution in [2.45, 2.75) is 22.7 Å². The molecule has 0 radical (unpaired) electrons. The minimum absolute atomic E-state index is 0.0243. The maximum absolute atomic E-state index is 13.6. The number of halogens is 4. The molecule has 0 aromatic heterocycles. The molecule has 0 saturated heterocycles. The van der Waals surface area contributed by atoms with E-state index in [0.29, 0.717) is 16.7 Å². The summed E-state index contributed by atoms with van der Waals surface area (Å²) < 4.78 is 81.5. The zero-order chi connectivity index (χ0) is 27.9. The first-order valence-corrected chi connectivity index (χ1v) is 12.9. The molecule has 0 saturated carbocycles. The molecule has 4 aromatic carbocycles. The van der Waals surface area contributed by atoms with E-state index >= 15 is 0 Å². The molecule has 0 bridgehead atoms. The molecule has 0 unspecified atom stereocenters. The summed E-state index contributed by atoms with van der Waals surface area (Å²) in [6.45, 7) is 0.0243. The number of ether oxygens (including phenoxy) is 1. The van der Waals surface area contributed by atoms with Crippen LogP contribution in [0.1, 0.15) is 31.8 Å². The van der Waals surface area contributed by atoms with E-state index in [0.717, 1.165) is 12.1 Å². The lowest BCUT2D eigenvalue weighted by molar-refractivity contribution is -0.274. The smallest absolute Gasteiger partial charge is 0.406 e. The normalized spacial score (nSPS) is 13.8. The second-order valence-corrected chi connectivity index (χ2v) is 10.5. The van der Waals surface area contributed by atoms with Gasteiger partial charge >= 0.3 is 6.36 Å². The molecular weight excluding hydrogens is 538 g/mol. The van der Waals surface area contributed by atoms with E-state index < -0.39 is 39.5 Å². The van der Waals surface area contributed by atoms with Gasteiger partial charge in [0.2, 0.25) is 9.84 Å². The highest BCUT2D eigenvalue weighted by molar-refractivity contribution is 7.91. The van der Waals surface area contributed by atoms with Crippen LogP contribution in [0.3, 0.4) is 0 Å². The van der Waals surface area contributed by atoms with Gasteiger partial charge in [0.1, 0.15) is 11.6 Å². The highest BCUT2D eigenvalue weighted by Crippen LogP contribution is 2.38. The summed E-state index contributed by atoms with van der Waals surface area (Å²) in [5.41, 5.74) is 0.822. The number of hydrogen-bond acceptors (Lipinski definition) is 5. The minimum Gasteiger partial charge on any atom is -0.406 e. The maximum atomic E-state index is 13.6. The van der Waals surface area contributed by atoms with Crippen molar-refractivity contribution in [1.82, 2.24) is 5.32 Å². The van der Waals surface area contributed by atoms with Gasteiger partial charge in [-0.2, -0.15) is 0 Å². The second-order valence-electron chi connectivity index (χ2n) is 8.60. The van der Waals surface area contributed by atoms with Crippen molar-refractivity contribution < 1.29 is 40.3 Å². The molecule has 5 rings (SSSR count). The number of rotatable bonds is 5. The molecule has 1 heterocycles.